The fourth-order valence-corrected chi connectivity index (χ4v) is 2.82. The number of hydrogen-bond acceptors (Lipinski definition) is 2. The molecule has 2 rings (SSSR count). The maximum absolute atomic E-state index is 12.2. The molecule has 0 radical (unpaired) electrons. The molecule has 1 amide bonds. The van der Waals surface area contributed by atoms with Crippen molar-refractivity contribution >= 4 is 35.2 Å². The molecule has 1 heterocycles. The molecule has 0 saturated carbocycles. The van der Waals surface area contributed by atoms with Gasteiger partial charge in [0.05, 0.1) is 12.6 Å². The zero-order chi connectivity index (χ0) is 14.7. The fraction of sp³-hybridized carbons (Fsp3) is 0.400. The van der Waals surface area contributed by atoms with Crippen LogP contribution in [0.1, 0.15) is 18.9 Å². The van der Waals surface area contributed by atoms with Gasteiger partial charge in [-0.05, 0) is 42.2 Å². The third kappa shape index (κ3) is 3.35. The van der Waals surface area contributed by atoms with Crippen LogP contribution in [0.15, 0.2) is 24.3 Å². The number of halogens is 2. The molecule has 1 saturated heterocycles. The van der Waals surface area contributed by atoms with Crippen molar-refractivity contribution in [3.05, 3.63) is 39.9 Å². The van der Waals surface area contributed by atoms with Crippen LogP contribution in [0.4, 0.5) is 0 Å². The van der Waals surface area contributed by atoms with Gasteiger partial charge in [0.15, 0.2) is 0 Å². The monoisotopic (exact) mass is 313 g/mol. The molecule has 20 heavy (non-hydrogen) atoms. The minimum Gasteiger partial charge on any atom is -0.394 e. The molecule has 2 unspecified atom stereocenters. The lowest BCUT2D eigenvalue weighted by atomic mass is 10.0. The lowest BCUT2D eigenvalue weighted by Crippen LogP contribution is -2.38. The zero-order valence-corrected chi connectivity index (χ0v) is 12.7. The van der Waals surface area contributed by atoms with Crippen LogP contribution in [-0.2, 0) is 4.79 Å². The molecule has 1 aromatic rings. The van der Waals surface area contributed by atoms with Gasteiger partial charge in [-0.1, -0.05) is 30.1 Å². The highest BCUT2D eigenvalue weighted by Gasteiger charge is 2.32. The number of likely N-dealkylation sites (tertiary alicyclic amines) is 1. The lowest BCUT2D eigenvalue weighted by Gasteiger charge is -2.23. The summed E-state index contributed by atoms with van der Waals surface area (Å²) in [5, 5.41) is 10.5. The first-order chi connectivity index (χ1) is 9.52. The van der Waals surface area contributed by atoms with Crippen molar-refractivity contribution in [1.82, 2.24) is 4.90 Å². The summed E-state index contributed by atoms with van der Waals surface area (Å²) < 4.78 is 0. The van der Waals surface area contributed by atoms with Crippen molar-refractivity contribution in [3.8, 4) is 0 Å². The van der Waals surface area contributed by atoms with Crippen LogP contribution in [0.3, 0.4) is 0 Å². The Balaban J connectivity index is 2.11. The minimum absolute atomic E-state index is 0.00132. The molecule has 3 nitrogen and oxygen atoms in total. The Kier molecular flexibility index (Phi) is 5.08. The van der Waals surface area contributed by atoms with E-state index >= 15 is 0 Å². The Bertz CT molecular complexity index is 531. The number of carbonyl (C=O) groups is 1. The standard InChI is InChI=1S/C15H17Cl2NO2/c1-10-6-7-18(14(10)9-19)15(20)5-2-11-8-12(16)3-4-13(11)17/h2-5,8,10,14,19H,6-7,9H2,1H3/b5-2+. The summed E-state index contributed by atoms with van der Waals surface area (Å²) in [5.74, 6) is 0.219. The van der Waals surface area contributed by atoms with Gasteiger partial charge in [-0.2, -0.15) is 0 Å². The number of aliphatic hydroxyl groups excluding tert-OH is 1. The fourth-order valence-electron chi connectivity index (χ4n) is 2.46. The molecular formula is C15H17Cl2NO2. The highest BCUT2D eigenvalue weighted by molar-refractivity contribution is 6.34. The van der Waals surface area contributed by atoms with Crippen molar-refractivity contribution in [2.24, 2.45) is 5.92 Å². The van der Waals surface area contributed by atoms with Gasteiger partial charge in [0.1, 0.15) is 0 Å². The van der Waals surface area contributed by atoms with Gasteiger partial charge >= 0.3 is 0 Å². The summed E-state index contributed by atoms with van der Waals surface area (Å²) in [6, 6.07) is 5.02. The second-order valence-corrected chi connectivity index (χ2v) is 5.89. The molecule has 1 N–H and O–H groups in total. The topological polar surface area (TPSA) is 40.5 Å². The van der Waals surface area contributed by atoms with Gasteiger partial charge in [-0.3, -0.25) is 4.79 Å². The summed E-state index contributed by atoms with van der Waals surface area (Å²) >= 11 is 11.9. The quantitative estimate of drug-likeness (QED) is 0.870. The zero-order valence-electron chi connectivity index (χ0n) is 11.2. The average Bonchev–Trinajstić information content (AvgIpc) is 2.80. The van der Waals surface area contributed by atoms with Crippen LogP contribution in [0, 0.1) is 5.92 Å². The van der Waals surface area contributed by atoms with Gasteiger partial charge in [-0.25, -0.2) is 0 Å². The van der Waals surface area contributed by atoms with E-state index in [4.69, 9.17) is 23.2 Å². The molecule has 0 aromatic heterocycles. The number of nitrogens with zero attached hydrogens (tertiary/aromatic N) is 1. The number of benzene rings is 1. The molecule has 1 aromatic carbocycles. The average molecular weight is 314 g/mol. The van der Waals surface area contributed by atoms with Crippen molar-refractivity contribution < 1.29 is 9.90 Å². The second kappa shape index (κ2) is 6.61. The maximum Gasteiger partial charge on any atom is 0.246 e. The van der Waals surface area contributed by atoms with Crippen LogP contribution >= 0.6 is 23.2 Å². The van der Waals surface area contributed by atoms with E-state index in [1.54, 1.807) is 29.2 Å². The number of amides is 1. The SMILES string of the molecule is CC1CCN(C(=O)/C=C/c2cc(Cl)ccc2Cl)C1CO. The highest BCUT2D eigenvalue weighted by atomic mass is 35.5. The summed E-state index contributed by atoms with van der Waals surface area (Å²) in [6.07, 6.45) is 4.06. The van der Waals surface area contributed by atoms with Crippen LogP contribution in [-0.4, -0.2) is 35.1 Å². The molecule has 0 bridgehead atoms. The second-order valence-electron chi connectivity index (χ2n) is 5.05. The number of carbonyl (C=O) groups excluding carboxylic acids is 1. The largest absolute Gasteiger partial charge is 0.394 e. The molecule has 1 fully saturated rings. The van der Waals surface area contributed by atoms with E-state index in [-0.39, 0.29) is 18.6 Å². The normalized spacial score (nSPS) is 22.7. The van der Waals surface area contributed by atoms with E-state index < -0.39 is 0 Å². The predicted octanol–water partition coefficient (Wildman–Crippen LogP) is 3.24. The number of aliphatic hydroxyl groups is 1. The summed E-state index contributed by atoms with van der Waals surface area (Å²) in [6.45, 7) is 2.73. The van der Waals surface area contributed by atoms with Gasteiger partial charge < -0.3 is 10.0 Å². The first kappa shape index (κ1) is 15.4. The van der Waals surface area contributed by atoms with E-state index in [0.29, 0.717) is 28.1 Å². The van der Waals surface area contributed by atoms with E-state index in [2.05, 4.69) is 0 Å². The third-order valence-electron chi connectivity index (χ3n) is 3.72. The summed E-state index contributed by atoms with van der Waals surface area (Å²) in [7, 11) is 0. The molecule has 0 spiro atoms. The summed E-state index contributed by atoms with van der Waals surface area (Å²) in [5.41, 5.74) is 0.709. The number of hydrogen-bond donors (Lipinski definition) is 1. The van der Waals surface area contributed by atoms with E-state index in [1.807, 2.05) is 6.92 Å². The van der Waals surface area contributed by atoms with Gasteiger partial charge in [0.2, 0.25) is 5.91 Å². The predicted molar refractivity (Wildman–Crippen MR) is 81.9 cm³/mol. The Morgan fingerprint density at radius 1 is 1.50 bits per heavy atom. The molecule has 2 atom stereocenters. The molecule has 108 valence electrons. The van der Waals surface area contributed by atoms with E-state index in [9.17, 15) is 9.90 Å². The van der Waals surface area contributed by atoms with Crippen molar-refractivity contribution in [3.63, 3.8) is 0 Å². The Hall–Kier alpha value is -1.03. The highest BCUT2D eigenvalue weighted by Crippen LogP contribution is 2.25. The Morgan fingerprint density at radius 2 is 2.25 bits per heavy atom. The van der Waals surface area contributed by atoms with Gasteiger partial charge in [-0.15, -0.1) is 0 Å². The molecule has 1 aliphatic heterocycles. The lowest BCUT2D eigenvalue weighted by molar-refractivity contribution is -0.127. The van der Waals surface area contributed by atoms with Crippen LogP contribution < -0.4 is 0 Å². The maximum atomic E-state index is 12.2. The van der Waals surface area contributed by atoms with Gasteiger partial charge in [0.25, 0.3) is 0 Å². The molecule has 5 heteroatoms. The third-order valence-corrected chi connectivity index (χ3v) is 4.30. The Morgan fingerprint density at radius 3 is 2.95 bits per heavy atom. The van der Waals surface area contributed by atoms with E-state index in [1.165, 1.54) is 6.08 Å². The Labute approximate surface area is 128 Å². The molecule has 1 aliphatic rings. The van der Waals surface area contributed by atoms with Crippen LogP contribution in [0.2, 0.25) is 10.0 Å². The van der Waals surface area contributed by atoms with Crippen LogP contribution in [0.25, 0.3) is 6.08 Å². The number of rotatable bonds is 3. The first-order valence-electron chi connectivity index (χ1n) is 6.57. The van der Waals surface area contributed by atoms with E-state index in [0.717, 1.165) is 6.42 Å². The van der Waals surface area contributed by atoms with Crippen LogP contribution in [0.5, 0.6) is 0 Å². The minimum atomic E-state index is -0.107. The molecular weight excluding hydrogens is 297 g/mol. The molecule has 0 aliphatic carbocycles. The van der Waals surface area contributed by atoms with Crippen molar-refractivity contribution in [2.45, 2.75) is 19.4 Å². The van der Waals surface area contributed by atoms with Gasteiger partial charge in [0, 0.05) is 22.7 Å². The summed E-state index contributed by atoms with van der Waals surface area (Å²) in [4.78, 5) is 13.9. The van der Waals surface area contributed by atoms with Crippen molar-refractivity contribution in [2.75, 3.05) is 13.2 Å². The smallest absolute Gasteiger partial charge is 0.246 e. The first-order valence-corrected chi connectivity index (χ1v) is 7.33. The van der Waals surface area contributed by atoms with Crippen molar-refractivity contribution in [1.29, 1.82) is 0 Å².